The highest BCUT2D eigenvalue weighted by molar-refractivity contribution is 7.25. The van der Waals surface area contributed by atoms with E-state index >= 15 is 0 Å². The molecule has 2 heteroatoms. The minimum Gasteiger partial charge on any atom is -0.310 e. The fourth-order valence-electron chi connectivity index (χ4n) is 11.4. The van der Waals surface area contributed by atoms with E-state index in [0.29, 0.717) is 0 Å². The zero-order valence-corrected chi connectivity index (χ0v) is 36.8. The average molecular weight is 846 g/mol. The van der Waals surface area contributed by atoms with Crippen LogP contribution in [-0.4, -0.2) is 0 Å². The van der Waals surface area contributed by atoms with E-state index in [1.165, 1.54) is 92.5 Å². The third-order valence-corrected chi connectivity index (χ3v) is 15.6. The second-order valence-corrected chi connectivity index (χ2v) is 18.8. The summed E-state index contributed by atoms with van der Waals surface area (Å²) in [6, 6.07) is 90.4. The molecule has 0 spiro atoms. The molecule has 0 bridgehead atoms. The van der Waals surface area contributed by atoms with Crippen molar-refractivity contribution in [3.05, 3.63) is 282 Å². The first-order valence-electron chi connectivity index (χ1n) is 22.6. The van der Waals surface area contributed by atoms with E-state index in [2.05, 4.69) is 254 Å². The molecule has 0 amide bonds. The normalized spacial score (nSPS) is 15.3. The predicted octanol–water partition coefficient (Wildman–Crippen LogP) is 16.9. The van der Waals surface area contributed by atoms with Crippen molar-refractivity contribution in [1.29, 1.82) is 0 Å². The van der Waals surface area contributed by atoms with Gasteiger partial charge in [0.25, 0.3) is 0 Å². The molecular formula is C63H43NS. The Morgan fingerprint density at radius 3 is 1.46 bits per heavy atom. The van der Waals surface area contributed by atoms with Gasteiger partial charge in [-0.25, -0.2) is 0 Å². The summed E-state index contributed by atoms with van der Waals surface area (Å²) in [5, 5.41) is 2.63. The predicted molar refractivity (Wildman–Crippen MR) is 274 cm³/mol. The molecule has 1 aromatic heterocycles. The first kappa shape index (κ1) is 37.7. The van der Waals surface area contributed by atoms with Crippen molar-refractivity contribution in [2.45, 2.75) is 17.8 Å². The number of fused-ring (bicyclic) bond motifs is 9. The standard InChI is InChI=1S/C63H43NS/c1-62(44-17-5-2-6-18-44)56-26-14-11-23-50(56)53-40-48(34-36-57(53)62)64(47-32-29-42(30-33-47)43-31-38-61-55(39-43)52-25-13-16-28-60(52)65-61)49-35-37-59-54(41-49)51-24-12-15-27-58(51)63(59,45-19-7-3-8-20-45)46-21-9-4-10-22-46/h2-41H,1H3. The number of benzene rings is 10. The first-order chi connectivity index (χ1) is 32.1. The number of nitrogens with zero attached hydrogens (tertiary/aromatic N) is 1. The number of hydrogen-bond donors (Lipinski definition) is 0. The highest BCUT2D eigenvalue weighted by atomic mass is 32.1. The molecule has 0 N–H and O–H groups in total. The molecule has 2 aliphatic carbocycles. The molecule has 10 aromatic carbocycles. The van der Waals surface area contributed by atoms with Gasteiger partial charge in [0, 0.05) is 42.6 Å². The van der Waals surface area contributed by atoms with Crippen molar-refractivity contribution in [3.63, 3.8) is 0 Å². The highest BCUT2D eigenvalue weighted by Crippen LogP contribution is 2.58. The summed E-state index contributed by atoms with van der Waals surface area (Å²) in [5.41, 5.74) is 19.3. The fraction of sp³-hybridized carbons (Fsp3) is 0.0476. The maximum atomic E-state index is 2.47. The van der Waals surface area contributed by atoms with Crippen LogP contribution in [0.25, 0.3) is 53.6 Å². The molecule has 65 heavy (non-hydrogen) atoms. The molecular weight excluding hydrogens is 803 g/mol. The minimum absolute atomic E-state index is 0.275. The van der Waals surface area contributed by atoms with Gasteiger partial charge in [-0.1, -0.05) is 188 Å². The lowest BCUT2D eigenvalue weighted by atomic mass is 9.68. The number of thiophene rings is 1. The SMILES string of the molecule is CC1(c2ccccc2)c2ccccc2-c2cc(N(c3ccc(-c4ccc5sc6ccccc6c5c4)cc3)c3ccc4c(c3)-c3ccccc3C4(c3ccccc3)c3ccccc3)ccc21. The zero-order chi connectivity index (χ0) is 43.1. The highest BCUT2D eigenvalue weighted by Gasteiger charge is 2.46. The first-order valence-corrected chi connectivity index (χ1v) is 23.4. The van der Waals surface area contributed by atoms with Crippen LogP contribution in [0.4, 0.5) is 17.1 Å². The molecule has 0 fully saturated rings. The third kappa shape index (κ3) is 5.57. The summed E-state index contributed by atoms with van der Waals surface area (Å²) < 4.78 is 2.65. The lowest BCUT2D eigenvalue weighted by molar-refractivity contribution is 0.714. The van der Waals surface area contributed by atoms with E-state index in [4.69, 9.17) is 0 Å². The summed E-state index contributed by atoms with van der Waals surface area (Å²) in [6.07, 6.45) is 0. The van der Waals surface area contributed by atoms with Gasteiger partial charge in [-0.2, -0.15) is 0 Å². The molecule has 11 aromatic rings. The number of hydrogen-bond acceptors (Lipinski definition) is 2. The van der Waals surface area contributed by atoms with Crippen LogP contribution in [0.2, 0.25) is 0 Å². The molecule has 1 atom stereocenters. The van der Waals surface area contributed by atoms with E-state index in [0.717, 1.165) is 17.1 Å². The van der Waals surface area contributed by atoms with Crippen molar-refractivity contribution in [2.75, 3.05) is 4.90 Å². The molecule has 0 aliphatic heterocycles. The van der Waals surface area contributed by atoms with E-state index in [-0.39, 0.29) is 5.41 Å². The van der Waals surface area contributed by atoms with Crippen LogP contribution in [-0.2, 0) is 10.8 Å². The number of anilines is 3. The molecule has 0 saturated carbocycles. The van der Waals surface area contributed by atoms with Crippen LogP contribution in [0.5, 0.6) is 0 Å². The van der Waals surface area contributed by atoms with Gasteiger partial charge in [0.1, 0.15) is 0 Å². The Morgan fingerprint density at radius 1 is 0.323 bits per heavy atom. The Morgan fingerprint density at radius 2 is 0.785 bits per heavy atom. The Balaban J connectivity index is 1.01. The third-order valence-electron chi connectivity index (χ3n) is 14.4. The lowest BCUT2D eigenvalue weighted by Gasteiger charge is -2.34. The van der Waals surface area contributed by atoms with Crippen LogP contribution < -0.4 is 4.90 Å². The summed E-state index contributed by atoms with van der Waals surface area (Å²) in [7, 11) is 0. The second kappa shape index (κ2) is 14.6. The van der Waals surface area contributed by atoms with Gasteiger partial charge in [-0.05, 0) is 134 Å². The fourth-order valence-corrected chi connectivity index (χ4v) is 12.5. The van der Waals surface area contributed by atoms with Gasteiger partial charge >= 0.3 is 0 Å². The lowest BCUT2D eigenvalue weighted by Crippen LogP contribution is -2.28. The Labute approximate surface area is 384 Å². The molecule has 1 unspecified atom stereocenters. The van der Waals surface area contributed by atoms with Crippen molar-refractivity contribution in [2.24, 2.45) is 0 Å². The van der Waals surface area contributed by atoms with Crippen molar-refractivity contribution >= 4 is 48.6 Å². The monoisotopic (exact) mass is 845 g/mol. The van der Waals surface area contributed by atoms with Crippen LogP contribution in [0.1, 0.15) is 45.9 Å². The molecule has 306 valence electrons. The van der Waals surface area contributed by atoms with Crippen LogP contribution in [0, 0.1) is 0 Å². The van der Waals surface area contributed by atoms with Gasteiger partial charge in [0.05, 0.1) is 5.41 Å². The smallest absolute Gasteiger partial charge is 0.0713 e. The van der Waals surface area contributed by atoms with E-state index < -0.39 is 5.41 Å². The van der Waals surface area contributed by atoms with Gasteiger partial charge < -0.3 is 4.90 Å². The molecule has 0 saturated heterocycles. The van der Waals surface area contributed by atoms with Crippen LogP contribution >= 0.6 is 11.3 Å². The largest absolute Gasteiger partial charge is 0.310 e. The molecule has 13 rings (SSSR count). The molecule has 1 heterocycles. The van der Waals surface area contributed by atoms with Gasteiger partial charge in [-0.15, -0.1) is 11.3 Å². The summed E-state index contributed by atoms with van der Waals surface area (Å²) in [6.45, 7) is 2.39. The average Bonchev–Trinajstić information content (AvgIpc) is 3.99. The summed E-state index contributed by atoms with van der Waals surface area (Å²) in [4.78, 5) is 2.47. The van der Waals surface area contributed by atoms with Gasteiger partial charge in [0.2, 0.25) is 0 Å². The quantitative estimate of drug-likeness (QED) is 0.154. The molecule has 0 radical (unpaired) electrons. The topological polar surface area (TPSA) is 3.24 Å². The van der Waals surface area contributed by atoms with E-state index in [1.54, 1.807) is 0 Å². The zero-order valence-electron chi connectivity index (χ0n) is 35.9. The van der Waals surface area contributed by atoms with Crippen molar-refractivity contribution in [3.8, 4) is 33.4 Å². The van der Waals surface area contributed by atoms with Crippen LogP contribution in [0.3, 0.4) is 0 Å². The van der Waals surface area contributed by atoms with Crippen molar-refractivity contribution in [1.82, 2.24) is 0 Å². The Kier molecular flexibility index (Phi) is 8.50. The maximum Gasteiger partial charge on any atom is 0.0713 e. The minimum atomic E-state index is -0.465. The number of rotatable bonds is 7. The van der Waals surface area contributed by atoms with E-state index in [9.17, 15) is 0 Å². The molecule has 1 nitrogen and oxygen atoms in total. The Bertz CT molecular complexity index is 3570. The Hall–Kier alpha value is -7.78. The maximum absolute atomic E-state index is 2.47. The van der Waals surface area contributed by atoms with E-state index in [1.807, 2.05) is 11.3 Å². The van der Waals surface area contributed by atoms with Gasteiger partial charge in [-0.3, -0.25) is 0 Å². The summed E-state index contributed by atoms with van der Waals surface area (Å²) in [5.74, 6) is 0. The van der Waals surface area contributed by atoms with Gasteiger partial charge in [0.15, 0.2) is 0 Å². The van der Waals surface area contributed by atoms with Crippen LogP contribution in [0.15, 0.2) is 243 Å². The second-order valence-electron chi connectivity index (χ2n) is 17.7. The van der Waals surface area contributed by atoms with Crippen molar-refractivity contribution < 1.29 is 0 Å². The molecule has 2 aliphatic rings. The summed E-state index contributed by atoms with van der Waals surface area (Å²) >= 11 is 1.86.